The lowest BCUT2D eigenvalue weighted by molar-refractivity contribution is 0.0892. The summed E-state index contributed by atoms with van der Waals surface area (Å²) >= 11 is 0. The second kappa shape index (κ2) is 8.00. The molecule has 3 N–H and O–H groups in total. The fraction of sp³-hybridized carbons (Fsp3) is 0.562. The summed E-state index contributed by atoms with van der Waals surface area (Å²) in [7, 11) is 3.26. The van der Waals surface area contributed by atoms with Crippen molar-refractivity contribution >= 4 is 11.6 Å². The maximum absolute atomic E-state index is 12.3. The number of ether oxygens (including phenoxy) is 2. The van der Waals surface area contributed by atoms with Crippen LogP contribution in [0.15, 0.2) is 18.2 Å². The van der Waals surface area contributed by atoms with E-state index in [0.29, 0.717) is 17.0 Å². The second-order valence-corrected chi connectivity index (χ2v) is 5.54. The van der Waals surface area contributed by atoms with Gasteiger partial charge in [-0.05, 0) is 31.0 Å². The van der Waals surface area contributed by atoms with Crippen LogP contribution in [0.3, 0.4) is 0 Å². The molecule has 6 nitrogen and oxygen atoms in total. The third-order valence-electron chi connectivity index (χ3n) is 4.03. The number of nitrogens with one attached hydrogen (secondary N) is 1. The van der Waals surface area contributed by atoms with Gasteiger partial charge in [0, 0.05) is 38.3 Å². The van der Waals surface area contributed by atoms with E-state index in [0.717, 1.165) is 39.1 Å². The van der Waals surface area contributed by atoms with Gasteiger partial charge in [-0.1, -0.05) is 0 Å². The molecule has 2 rings (SSSR count). The predicted octanol–water partition coefficient (Wildman–Crippen LogP) is 1.12. The lowest BCUT2D eigenvalue weighted by atomic mass is 10.0. The topological polar surface area (TPSA) is 76.8 Å². The summed E-state index contributed by atoms with van der Waals surface area (Å²) in [5, 5.41) is 3.09. The summed E-state index contributed by atoms with van der Waals surface area (Å²) in [6.45, 7) is 3.67. The van der Waals surface area contributed by atoms with E-state index >= 15 is 0 Å². The lowest BCUT2D eigenvalue weighted by Gasteiger charge is -2.32. The van der Waals surface area contributed by atoms with Crippen molar-refractivity contribution in [3.05, 3.63) is 23.8 Å². The average molecular weight is 307 g/mol. The summed E-state index contributed by atoms with van der Waals surface area (Å²) in [5.74, 6) is 0.454. The van der Waals surface area contributed by atoms with Gasteiger partial charge in [-0.2, -0.15) is 0 Å². The zero-order chi connectivity index (χ0) is 15.9. The van der Waals surface area contributed by atoms with Crippen LogP contribution in [0.25, 0.3) is 0 Å². The number of benzene rings is 1. The molecule has 0 spiro atoms. The Labute approximate surface area is 131 Å². The Morgan fingerprint density at radius 2 is 2.09 bits per heavy atom. The quantitative estimate of drug-likeness (QED) is 0.770. The fourth-order valence-electron chi connectivity index (χ4n) is 2.64. The second-order valence-electron chi connectivity index (χ2n) is 5.54. The molecule has 22 heavy (non-hydrogen) atoms. The first-order valence-corrected chi connectivity index (χ1v) is 7.59. The smallest absolute Gasteiger partial charge is 0.251 e. The molecule has 0 unspecified atom stereocenters. The van der Waals surface area contributed by atoms with Crippen LogP contribution in [0.5, 0.6) is 5.75 Å². The van der Waals surface area contributed by atoms with Gasteiger partial charge in [-0.15, -0.1) is 0 Å². The van der Waals surface area contributed by atoms with E-state index in [1.807, 2.05) is 0 Å². The molecule has 122 valence electrons. The SMILES string of the molecule is COCCN1CCC(NC(=O)c2ccc(N)c(OC)c2)CC1. The van der Waals surface area contributed by atoms with Gasteiger partial charge >= 0.3 is 0 Å². The number of piperidine rings is 1. The normalized spacial score (nSPS) is 16.5. The molecule has 0 radical (unpaired) electrons. The third kappa shape index (κ3) is 4.35. The molecular weight excluding hydrogens is 282 g/mol. The highest BCUT2D eigenvalue weighted by molar-refractivity contribution is 5.95. The van der Waals surface area contributed by atoms with Crippen LogP contribution in [0, 0.1) is 0 Å². The predicted molar refractivity (Wildman–Crippen MR) is 86.2 cm³/mol. The van der Waals surface area contributed by atoms with Gasteiger partial charge in [0.05, 0.1) is 19.4 Å². The number of nitrogens with two attached hydrogens (primary N) is 1. The number of carbonyl (C=O) groups excluding carboxylic acids is 1. The van der Waals surface area contributed by atoms with Gasteiger partial charge in [0.1, 0.15) is 5.75 Å². The monoisotopic (exact) mass is 307 g/mol. The van der Waals surface area contributed by atoms with E-state index in [4.69, 9.17) is 15.2 Å². The van der Waals surface area contributed by atoms with Crippen molar-refractivity contribution in [1.82, 2.24) is 10.2 Å². The van der Waals surface area contributed by atoms with Crippen LogP contribution in [-0.4, -0.2) is 57.3 Å². The van der Waals surface area contributed by atoms with E-state index in [9.17, 15) is 4.79 Å². The van der Waals surface area contributed by atoms with Crippen LogP contribution in [0.2, 0.25) is 0 Å². The minimum absolute atomic E-state index is 0.0753. The summed E-state index contributed by atoms with van der Waals surface area (Å²) < 4.78 is 10.2. The molecule has 0 saturated carbocycles. The highest BCUT2D eigenvalue weighted by Gasteiger charge is 2.21. The molecule has 0 atom stereocenters. The lowest BCUT2D eigenvalue weighted by Crippen LogP contribution is -2.45. The van der Waals surface area contributed by atoms with Crippen LogP contribution in [0.1, 0.15) is 23.2 Å². The van der Waals surface area contributed by atoms with Gasteiger partial charge in [-0.3, -0.25) is 4.79 Å². The van der Waals surface area contributed by atoms with Crippen molar-refractivity contribution in [2.75, 3.05) is 46.2 Å². The number of hydrogen-bond acceptors (Lipinski definition) is 5. The van der Waals surface area contributed by atoms with Crippen LogP contribution < -0.4 is 15.8 Å². The summed E-state index contributed by atoms with van der Waals surface area (Å²) in [5.41, 5.74) is 6.88. The third-order valence-corrected chi connectivity index (χ3v) is 4.03. The number of rotatable bonds is 6. The molecule has 1 aromatic carbocycles. The van der Waals surface area contributed by atoms with Crippen molar-refractivity contribution < 1.29 is 14.3 Å². The summed E-state index contributed by atoms with van der Waals surface area (Å²) in [6, 6.07) is 5.32. The Morgan fingerprint density at radius 1 is 1.36 bits per heavy atom. The highest BCUT2D eigenvalue weighted by atomic mass is 16.5. The summed E-state index contributed by atoms with van der Waals surface area (Å²) in [6.07, 6.45) is 1.92. The Kier molecular flexibility index (Phi) is 6.03. The summed E-state index contributed by atoms with van der Waals surface area (Å²) in [4.78, 5) is 14.7. The van der Waals surface area contributed by atoms with Gasteiger partial charge in [0.25, 0.3) is 5.91 Å². The van der Waals surface area contributed by atoms with Crippen molar-refractivity contribution in [3.63, 3.8) is 0 Å². The largest absolute Gasteiger partial charge is 0.495 e. The minimum atomic E-state index is -0.0753. The number of anilines is 1. The molecule has 0 aromatic heterocycles. The zero-order valence-electron chi connectivity index (χ0n) is 13.3. The van der Waals surface area contributed by atoms with Crippen molar-refractivity contribution in [3.8, 4) is 5.75 Å². The Bertz CT molecular complexity index is 499. The van der Waals surface area contributed by atoms with E-state index in [-0.39, 0.29) is 11.9 Å². The van der Waals surface area contributed by atoms with Gasteiger partial charge in [0.15, 0.2) is 0 Å². The molecule has 1 saturated heterocycles. The van der Waals surface area contributed by atoms with Crippen molar-refractivity contribution in [1.29, 1.82) is 0 Å². The first-order valence-electron chi connectivity index (χ1n) is 7.59. The van der Waals surface area contributed by atoms with Gasteiger partial charge in [0.2, 0.25) is 0 Å². The Morgan fingerprint density at radius 3 is 2.73 bits per heavy atom. The fourth-order valence-corrected chi connectivity index (χ4v) is 2.64. The van der Waals surface area contributed by atoms with Crippen LogP contribution in [-0.2, 0) is 4.74 Å². The molecule has 1 aliphatic rings. The number of nitrogens with zero attached hydrogens (tertiary/aromatic N) is 1. The Hall–Kier alpha value is -1.79. The average Bonchev–Trinajstić information content (AvgIpc) is 2.54. The molecular formula is C16H25N3O3. The van der Waals surface area contributed by atoms with E-state index in [1.54, 1.807) is 32.4 Å². The first kappa shape index (κ1) is 16.6. The van der Waals surface area contributed by atoms with Crippen LogP contribution >= 0.6 is 0 Å². The molecule has 1 aromatic rings. The Balaban J connectivity index is 1.85. The number of hydrogen-bond donors (Lipinski definition) is 2. The van der Waals surface area contributed by atoms with Crippen LogP contribution in [0.4, 0.5) is 5.69 Å². The molecule has 6 heteroatoms. The maximum atomic E-state index is 12.3. The molecule has 1 heterocycles. The number of nitrogen functional groups attached to an aromatic ring is 1. The number of methoxy groups -OCH3 is 2. The van der Waals surface area contributed by atoms with Crippen molar-refractivity contribution in [2.24, 2.45) is 0 Å². The van der Waals surface area contributed by atoms with Gasteiger partial charge in [-0.25, -0.2) is 0 Å². The number of amides is 1. The number of likely N-dealkylation sites (tertiary alicyclic amines) is 1. The van der Waals surface area contributed by atoms with E-state index < -0.39 is 0 Å². The maximum Gasteiger partial charge on any atom is 0.251 e. The standard InChI is InChI=1S/C16H25N3O3/c1-21-10-9-19-7-5-13(6-8-19)18-16(20)12-3-4-14(17)15(11-12)22-2/h3-4,11,13H,5-10,17H2,1-2H3,(H,18,20). The molecule has 0 bridgehead atoms. The molecule has 1 fully saturated rings. The zero-order valence-corrected chi connectivity index (χ0v) is 13.3. The highest BCUT2D eigenvalue weighted by Crippen LogP contribution is 2.22. The number of carbonyl (C=O) groups is 1. The first-order chi connectivity index (χ1) is 10.6. The van der Waals surface area contributed by atoms with Gasteiger partial charge < -0.3 is 25.4 Å². The van der Waals surface area contributed by atoms with E-state index in [1.165, 1.54) is 0 Å². The molecule has 1 amide bonds. The minimum Gasteiger partial charge on any atom is -0.495 e. The molecule has 1 aliphatic heterocycles. The van der Waals surface area contributed by atoms with Crippen molar-refractivity contribution in [2.45, 2.75) is 18.9 Å². The molecule has 0 aliphatic carbocycles. The van der Waals surface area contributed by atoms with E-state index in [2.05, 4.69) is 10.2 Å².